The number of fused-ring (bicyclic) bond motifs is 2. The fraction of sp³-hybridized carbons (Fsp3) is 0.500. The number of hydrogen-bond acceptors (Lipinski definition) is 25. The molecule has 0 aliphatic carbocycles. The van der Waals surface area contributed by atoms with Crippen molar-refractivity contribution in [1.82, 2.24) is 39.0 Å². The van der Waals surface area contributed by atoms with Gasteiger partial charge in [0, 0.05) is 0 Å². The molecule has 322 valence electrons. The molecule has 0 spiro atoms. The molecule has 58 heavy (non-hydrogen) atoms. The average molecular weight is 981 g/mol. The number of nitrogens with one attached hydrogen (secondary N) is 1. The first kappa shape index (κ1) is 45.7. The Hall–Kier alpha value is -1.77. The Labute approximate surface area is 336 Å². The topological polar surface area (TPSA) is 449 Å². The summed E-state index contributed by atoms with van der Waals surface area (Å²) < 4.78 is 65.6. The second-order valence-electron chi connectivity index (χ2n) is 11.7. The highest BCUT2D eigenvalue weighted by molar-refractivity contribution is 8.15. The van der Waals surface area contributed by atoms with Gasteiger partial charge in [0.15, 0.2) is 35.1 Å². The second-order valence-corrected chi connectivity index (χ2v) is 23.7. The van der Waals surface area contributed by atoms with Crippen molar-refractivity contribution in [3.05, 3.63) is 29.3 Å². The van der Waals surface area contributed by atoms with E-state index in [1.54, 1.807) is 0 Å². The number of aliphatic hydroxyl groups is 4. The van der Waals surface area contributed by atoms with Crippen LogP contribution in [-0.2, 0) is 80.3 Å². The summed E-state index contributed by atoms with van der Waals surface area (Å²) in [6.45, 7) is -16.9. The summed E-state index contributed by atoms with van der Waals surface area (Å²) in [7, 11) is -12.1. The third-order valence-electron chi connectivity index (χ3n) is 7.69. The van der Waals surface area contributed by atoms with Crippen molar-refractivity contribution < 1.29 is 89.8 Å². The van der Waals surface area contributed by atoms with Gasteiger partial charge < -0.3 is 74.9 Å². The minimum atomic E-state index is -6.08. The number of phosphoric acid groups is 2. The van der Waals surface area contributed by atoms with Gasteiger partial charge in [0.05, 0.1) is 25.9 Å². The zero-order chi connectivity index (χ0) is 42.7. The third kappa shape index (κ3) is 10.3. The Balaban J connectivity index is 1.01. The van der Waals surface area contributed by atoms with Crippen LogP contribution in [-0.4, -0.2) is 134 Å². The van der Waals surface area contributed by atoms with Crippen LogP contribution in [0.3, 0.4) is 0 Å². The molecule has 6 rings (SSSR count). The number of nitrogen functional groups attached to an aromatic ring is 2. The van der Waals surface area contributed by atoms with Crippen LogP contribution in [0, 0.1) is 0 Å². The number of nitrogens with zero attached hydrogens (tertiary/aromatic N) is 7. The van der Waals surface area contributed by atoms with E-state index < -0.39 is 104 Å². The van der Waals surface area contributed by atoms with Gasteiger partial charge in [0.2, 0.25) is 5.95 Å². The molecule has 0 aromatic carbocycles. The zero-order valence-corrected chi connectivity index (χ0v) is 34.9. The molecular formula is C20H29N10O20P5S3. The van der Waals surface area contributed by atoms with E-state index in [1.165, 1.54) is 10.9 Å². The number of hydrogen-bond donors (Lipinski definition) is 12. The first-order valence-corrected chi connectivity index (χ1v) is 26.0. The molecular weight excluding hydrogens is 951 g/mol. The fourth-order valence-corrected chi connectivity index (χ4v) is 15.6. The predicted octanol–water partition coefficient (Wildman–Crippen LogP) is -2.69. The quantitative estimate of drug-likeness (QED) is 0.0509. The molecule has 30 nitrogen and oxygen atoms in total. The zero-order valence-electron chi connectivity index (χ0n) is 28.0. The highest BCUT2D eigenvalue weighted by atomic mass is 32.5. The standard InChI is InChI=1S/C20H29N10O20P5S3/c21-14-8-15(24-3-23-14)29(4-25-8)18-12(33)10(31)7(45-18)2-44-54(41,57)50-55(42,58)49-52(38,39)47-51(36,37)48-53(40,56)43-1-6-11(32)13(34)19(46-6)30-5-26-9-16(30)27-20(22)28-17(9)35/h3-7,10-13,18-19,31-34H,1-2H2,(H,36,37)(H,38,39)(H,40,56)(H,41,57)(H,42,58)(H2,21,23,24)(H3,22,27,28,35)/t6-,7-,10-,11-,12-,13-,18-,19-,53?,54?,55?/m1/s1. The Bertz CT molecular complexity index is 2510. The minimum absolute atomic E-state index is 0.0123. The van der Waals surface area contributed by atoms with Crippen LogP contribution in [0.15, 0.2) is 23.8 Å². The molecule has 2 aliphatic rings. The molecule has 0 bridgehead atoms. The van der Waals surface area contributed by atoms with E-state index in [-0.39, 0.29) is 34.1 Å². The van der Waals surface area contributed by atoms with Crippen LogP contribution >= 0.6 is 35.8 Å². The SMILES string of the molecule is Nc1nc2c(ncn2[C@@H]2O[C@H](COP(O)(=S)OP(=O)(O)OP(=O)(O)OP(O)(=S)OP(O)(=S)OC[C@H]3O[C@@H](n4cnc5c(N)ncnc54)[C@H](O)[C@@H]3O)[C@@H](O)[C@H]2O)c(=O)[nH]1. The smallest absolute Gasteiger partial charge is 0.387 e. The van der Waals surface area contributed by atoms with Gasteiger partial charge in [0.1, 0.15) is 48.5 Å². The lowest BCUT2D eigenvalue weighted by molar-refractivity contribution is -0.0486. The summed E-state index contributed by atoms with van der Waals surface area (Å²) in [5, 5.41) is 42.2. The molecule has 5 unspecified atom stereocenters. The molecule has 13 atom stereocenters. The number of aromatic amines is 1. The normalized spacial score (nSPS) is 30.4. The number of aromatic nitrogens is 8. The Morgan fingerprint density at radius 1 is 0.690 bits per heavy atom. The molecule has 2 fully saturated rings. The lowest BCUT2D eigenvalue weighted by Crippen LogP contribution is -2.33. The summed E-state index contributed by atoms with van der Waals surface area (Å²) in [5.41, 5.74) is 10.5. The maximum atomic E-state index is 12.6. The molecule has 2 saturated heterocycles. The lowest BCUT2D eigenvalue weighted by atomic mass is 10.1. The van der Waals surface area contributed by atoms with Gasteiger partial charge in [-0.1, -0.05) is 0 Å². The van der Waals surface area contributed by atoms with E-state index in [2.05, 4.69) is 70.8 Å². The molecule has 0 radical (unpaired) electrons. The Morgan fingerprint density at radius 3 is 1.72 bits per heavy atom. The van der Waals surface area contributed by atoms with Crippen LogP contribution in [0.1, 0.15) is 12.5 Å². The van der Waals surface area contributed by atoms with E-state index in [1.807, 2.05) is 0 Å². The number of ether oxygens (including phenoxy) is 2. The highest BCUT2D eigenvalue weighted by Gasteiger charge is 2.49. The highest BCUT2D eigenvalue weighted by Crippen LogP contribution is 2.74. The van der Waals surface area contributed by atoms with Crippen LogP contribution in [0.2, 0.25) is 0 Å². The fourth-order valence-electron chi connectivity index (χ4n) is 5.33. The van der Waals surface area contributed by atoms with E-state index in [0.29, 0.717) is 0 Å². The average Bonchev–Trinajstić information content (AvgIpc) is 3.83. The van der Waals surface area contributed by atoms with Crippen molar-refractivity contribution in [2.75, 3.05) is 24.7 Å². The molecule has 2 aliphatic heterocycles. The van der Waals surface area contributed by atoms with Crippen molar-refractivity contribution in [2.24, 2.45) is 0 Å². The number of nitrogens with two attached hydrogens (primary N) is 2. The molecule has 38 heteroatoms. The first-order valence-electron chi connectivity index (χ1n) is 15.2. The monoisotopic (exact) mass is 980 g/mol. The molecule has 6 heterocycles. The van der Waals surface area contributed by atoms with Crippen molar-refractivity contribution in [2.45, 2.75) is 49.1 Å². The van der Waals surface area contributed by atoms with Crippen LogP contribution in [0.5, 0.6) is 0 Å². The summed E-state index contributed by atoms with van der Waals surface area (Å²) in [6.07, 6.45) is -9.31. The third-order valence-corrected chi connectivity index (χ3v) is 18.3. The van der Waals surface area contributed by atoms with E-state index >= 15 is 0 Å². The van der Waals surface area contributed by atoms with Crippen molar-refractivity contribution in [3.8, 4) is 0 Å². The predicted molar refractivity (Wildman–Crippen MR) is 200 cm³/mol. The number of rotatable bonds is 16. The summed E-state index contributed by atoms with van der Waals surface area (Å²) in [5.74, 6) is -0.297. The Kier molecular flexibility index (Phi) is 13.3. The second kappa shape index (κ2) is 16.8. The number of imidazole rings is 2. The molecule has 4 aromatic heterocycles. The molecule has 4 aromatic rings. The largest absolute Gasteiger partial charge is 0.488 e. The van der Waals surface area contributed by atoms with Gasteiger partial charge in [-0.2, -0.15) is 9.29 Å². The first-order chi connectivity index (χ1) is 26.8. The molecule has 0 saturated carbocycles. The van der Waals surface area contributed by atoms with Crippen molar-refractivity contribution >= 4 is 105 Å². The summed E-state index contributed by atoms with van der Waals surface area (Å²) >= 11 is 13.9. The molecule has 0 amide bonds. The number of anilines is 2. The van der Waals surface area contributed by atoms with Gasteiger partial charge in [-0.3, -0.25) is 18.9 Å². The van der Waals surface area contributed by atoms with Gasteiger partial charge in [-0.05, 0) is 35.4 Å². The molecule has 14 N–H and O–H groups in total. The lowest BCUT2D eigenvalue weighted by Gasteiger charge is -2.25. The number of H-pyrrole nitrogens is 1. The van der Waals surface area contributed by atoms with Gasteiger partial charge in [-0.15, -0.1) is 0 Å². The van der Waals surface area contributed by atoms with Gasteiger partial charge in [0.25, 0.3) is 5.56 Å². The van der Waals surface area contributed by atoms with Gasteiger partial charge >= 0.3 is 35.8 Å². The maximum Gasteiger partial charge on any atom is 0.488 e. The van der Waals surface area contributed by atoms with Gasteiger partial charge in [-0.25, -0.2) is 42.0 Å². The maximum absolute atomic E-state index is 12.6. The summed E-state index contributed by atoms with van der Waals surface area (Å²) in [4.78, 5) is 85.2. The Morgan fingerprint density at radius 2 is 1.17 bits per heavy atom. The van der Waals surface area contributed by atoms with Crippen LogP contribution in [0.25, 0.3) is 22.3 Å². The van der Waals surface area contributed by atoms with E-state index in [9.17, 15) is 58.8 Å². The minimum Gasteiger partial charge on any atom is -0.387 e. The van der Waals surface area contributed by atoms with E-state index in [4.69, 9.17) is 41.8 Å². The van der Waals surface area contributed by atoms with E-state index in [0.717, 1.165) is 17.2 Å². The van der Waals surface area contributed by atoms with Crippen molar-refractivity contribution in [3.63, 3.8) is 0 Å². The van der Waals surface area contributed by atoms with Crippen LogP contribution < -0.4 is 17.0 Å². The van der Waals surface area contributed by atoms with Crippen molar-refractivity contribution in [1.29, 1.82) is 0 Å². The number of aliphatic hydroxyl groups excluding tert-OH is 4. The van der Waals surface area contributed by atoms with Crippen LogP contribution in [0.4, 0.5) is 11.8 Å². The summed E-state index contributed by atoms with van der Waals surface area (Å²) in [6, 6.07) is 0.